The van der Waals surface area contributed by atoms with Crippen molar-refractivity contribution in [3.8, 4) is 0 Å². The summed E-state index contributed by atoms with van der Waals surface area (Å²) in [6, 6.07) is 14.2. The van der Waals surface area contributed by atoms with Gasteiger partial charge in [-0.05, 0) is 48.0 Å². The Morgan fingerprint density at radius 3 is 2.15 bits per heavy atom. The van der Waals surface area contributed by atoms with E-state index in [2.05, 4.69) is 53.2 Å². The zero-order valence-electron chi connectivity index (χ0n) is 15.7. The van der Waals surface area contributed by atoms with Gasteiger partial charge in [-0.1, -0.05) is 55.2 Å². The van der Waals surface area contributed by atoms with Crippen molar-refractivity contribution >= 4 is 46.2 Å². The van der Waals surface area contributed by atoms with Gasteiger partial charge >= 0.3 is 0 Å². The van der Waals surface area contributed by atoms with Crippen molar-refractivity contribution in [2.75, 3.05) is 31.5 Å². The normalized spacial score (nSPS) is 15.2. The largest absolute Gasteiger partial charge is 0.346 e. The summed E-state index contributed by atoms with van der Waals surface area (Å²) in [7, 11) is 0. The number of rotatable bonds is 4. The maximum absolute atomic E-state index is 6.30. The van der Waals surface area contributed by atoms with Gasteiger partial charge in [0.15, 0.2) is 5.11 Å². The van der Waals surface area contributed by atoms with E-state index in [4.69, 9.17) is 35.4 Å². The molecule has 2 aromatic rings. The minimum absolute atomic E-state index is 0.533. The number of nitrogens with zero attached hydrogens (tertiary/aromatic N) is 2. The molecule has 0 aliphatic carbocycles. The van der Waals surface area contributed by atoms with Crippen molar-refractivity contribution in [2.45, 2.75) is 26.3 Å². The van der Waals surface area contributed by atoms with Gasteiger partial charge < -0.3 is 10.2 Å². The van der Waals surface area contributed by atoms with E-state index in [1.54, 1.807) is 0 Å². The van der Waals surface area contributed by atoms with Crippen LogP contribution in [0.1, 0.15) is 30.9 Å². The summed E-state index contributed by atoms with van der Waals surface area (Å²) in [5, 5.41) is 5.59. The van der Waals surface area contributed by atoms with Crippen molar-refractivity contribution in [3.63, 3.8) is 0 Å². The first-order valence-corrected chi connectivity index (χ1v) is 10.4. The average molecular weight is 422 g/mol. The van der Waals surface area contributed by atoms with Gasteiger partial charge in [0.2, 0.25) is 0 Å². The highest BCUT2D eigenvalue weighted by Gasteiger charge is 2.20. The molecular weight excluding hydrogens is 397 g/mol. The molecule has 0 bridgehead atoms. The molecule has 27 heavy (non-hydrogen) atoms. The lowest BCUT2D eigenvalue weighted by Gasteiger charge is -2.36. The Morgan fingerprint density at radius 2 is 1.59 bits per heavy atom. The molecule has 1 aliphatic rings. The molecule has 3 rings (SSSR count). The molecule has 6 heteroatoms. The van der Waals surface area contributed by atoms with E-state index < -0.39 is 0 Å². The Balaban J connectivity index is 1.52. The second kappa shape index (κ2) is 9.24. The third kappa shape index (κ3) is 5.35. The zero-order chi connectivity index (χ0) is 19.4. The Bertz CT molecular complexity index is 764. The molecule has 0 unspecified atom stereocenters. The summed E-state index contributed by atoms with van der Waals surface area (Å²) < 4.78 is 0. The number of hydrogen-bond donors (Lipinski definition) is 1. The molecule has 3 nitrogen and oxygen atoms in total. The summed E-state index contributed by atoms with van der Waals surface area (Å²) in [6.45, 7) is 8.79. The van der Waals surface area contributed by atoms with Crippen LogP contribution in [-0.4, -0.2) is 41.1 Å². The van der Waals surface area contributed by atoms with E-state index in [9.17, 15) is 0 Å². The third-order valence-electron chi connectivity index (χ3n) is 4.93. The van der Waals surface area contributed by atoms with Gasteiger partial charge in [0.25, 0.3) is 0 Å². The van der Waals surface area contributed by atoms with Gasteiger partial charge in [0, 0.05) is 54.0 Å². The van der Waals surface area contributed by atoms with Crippen LogP contribution in [0, 0.1) is 0 Å². The summed E-state index contributed by atoms with van der Waals surface area (Å²) >= 11 is 18.2. The Labute approximate surface area is 177 Å². The van der Waals surface area contributed by atoms with Crippen LogP contribution in [0.25, 0.3) is 0 Å². The molecule has 1 N–H and O–H groups in total. The number of benzene rings is 2. The predicted molar refractivity (Wildman–Crippen MR) is 120 cm³/mol. The van der Waals surface area contributed by atoms with Crippen molar-refractivity contribution in [1.82, 2.24) is 9.80 Å². The SMILES string of the molecule is CC(C)c1ccc(NC(=S)N2CCN(Cc3c(Cl)cccc3Cl)CC2)cc1. The van der Waals surface area contributed by atoms with Crippen molar-refractivity contribution in [1.29, 1.82) is 0 Å². The Hall–Kier alpha value is -1.33. The molecule has 1 aliphatic heterocycles. The number of piperazine rings is 1. The highest BCUT2D eigenvalue weighted by Crippen LogP contribution is 2.26. The Kier molecular flexibility index (Phi) is 6.99. The van der Waals surface area contributed by atoms with Gasteiger partial charge in [0.1, 0.15) is 0 Å². The van der Waals surface area contributed by atoms with Crippen LogP contribution in [0.5, 0.6) is 0 Å². The Morgan fingerprint density at radius 1 is 1.00 bits per heavy atom. The lowest BCUT2D eigenvalue weighted by Crippen LogP contribution is -2.49. The van der Waals surface area contributed by atoms with E-state index in [-0.39, 0.29) is 0 Å². The second-order valence-corrected chi connectivity index (χ2v) is 8.37. The molecule has 2 aromatic carbocycles. The third-order valence-corrected chi connectivity index (χ3v) is 6.00. The van der Waals surface area contributed by atoms with Crippen molar-refractivity contribution in [3.05, 3.63) is 63.6 Å². The number of nitrogens with one attached hydrogen (secondary N) is 1. The van der Waals surface area contributed by atoms with E-state index in [0.717, 1.165) is 59.1 Å². The summed E-state index contributed by atoms with van der Waals surface area (Å²) in [5.41, 5.74) is 3.37. The molecule has 0 saturated carbocycles. The van der Waals surface area contributed by atoms with Crippen molar-refractivity contribution in [2.24, 2.45) is 0 Å². The van der Waals surface area contributed by atoms with Gasteiger partial charge in [0.05, 0.1) is 0 Å². The van der Waals surface area contributed by atoms with E-state index >= 15 is 0 Å². The quantitative estimate of drug-likeness (QED) is 0.644. The first-order chi connectivity index (χ1) is 12.9. The van der Waals surface area contributed by atoms with Crippen LogP contribution in [0.4, 0.5) is 5.69 Å². The summed E-state index contributed by atoms with van der Waals surface area (Å²) in [5.74, 6) is 0.533. The molecule has 1 fully saturated rings. The van der Waals surface area contributed by atoms with Crippen LogP contribution in [0.2, 0.25) is 10.0 Å². The number of hydrogen-bond acceptors (Lipinski definition) is 2. The highest BCUT2D eigenvalue weighted by atomic mass is 35.5. The number of thiocarbonyl (C=S) groups is 1. The molecule has 144 valence electrons. The van der Waals surface area contributed by atoms with E-state index in [0.29, 0.717) is 5.92 Å². The molecule has 0 spiro atoms. The van der Waals surface area contributed by atoms with Crippen LogP contribution in [0.15, 0.2) is 42.5 Å². The van der Waals surface area contributed by atoms with E-state index in [1.165, 1.54) is 5.56 Å². The standard InChI is InChI=1S/C21H25Cl2N3S/c1-15(2)16-6-8-17(9-7-16)24-21(27)26-12-10-25(11-13-26)14-18-19(22)4-3-5-20(18)23/h3-9,15H,10-14H2,1-2H3,(H,24,27). The van der Waals surface area contributed by atoms with Crippen LogP contribution >= 0.6 is 35.4 Å². The fraction of sp³-hybridized carbons (Fsp3) is 0.381. The smallest absolute Gasteiger partial charge is 0.173 e. The maximum atomic E-state index is 6.30. The van der Waals surface area contributed by atoms with Gasteiger partial charge in [-0.25, -0.2) is 0 Å². The maximum Gasteiger partial charge on any atom is 0.173 e. The first kappa shape index (κ1) is 20.4. The number of halogens is 2. The summed E-state index contributed by atoms with van der Waals surface area (Å²) in [4.78, 5) is 4.58. The fourth-order valence-corrected chi connectivity index (χ4v) is 3.99. The van der Waals surface area contributed by atoms with Gasteiger partial charge in [-0.15, -0.1) is 0 Å². The molecule has 1 heterocycles. The predicted octanol–water partition coefficient (Wildman–Crippen LogP) is 5.63. The molecule has 0 aromatic heterocycles. The lowest BCUT2D eigenvalue weighted by atomic mass is 10.0. The summed E-state index contributed by atoms with van der Waals surface area (Å²) in [6.07, 6.45) is 0. The van der Waals surface area contributed by atoms with Gasteiger partial charge in [-0.3, -0.25) is 4.90 Å². The lowest BCUT2D eigenvalue weighted by molar-refractivity contribution is 0.177. The highest BCUT2D eigenvalue weighted by molar-refractivity contribution is 7.80. The van der Waals surface area contributed by atoms with Crippen molar-refractivity contribution < 1.29 is 0 Å². The average Bonchev–Trinajstić information content (AvgIpc) is 2.66. The number of anilines is 1. The molecule has 0 amide bonds. The first-order valence-electron chi connectivity index (χ1n) is 9.25. The monoisotopic (exact) mass is 421 g/mol. The van der Waals surface area contributed by atoms with E-state index in [1.807, 2.05) is 18.2 Å². The molecular formula is C21H25Cl2N3S. The van der Waals surface area contributed by atoms with Crippen LogP contribution in [0.3, 0.4) is 0 Å². The minimum Gasteiger partial charge on any atom is -0.346 e. The molecule has 1 saturated heterocycles. The molecule has 0 atom stereocenters. The van der Waals surface area contributed by atoms with Gasteiger partial charge in [-0.2, -0.15) is 0 Å². The van der Waals surface area contributed by atoms with Crippen LogP contribution in [-0.2, 0) is 6.54 Å². The second-order valence-electron chi connectivity index (χ2n) is 7.17. The topological polar surface area (TPSA) is 18.5 Å². The minimum atomic E-state index is 0.533. The fourth-order valence-electron chi connectivity index (χ4n) is 3.17. The molecule has 0 radical (unpaired) electrons. The van der Waals surface area contributed by atoms with Crippen LogP contribution < -0.4 is 5.32 Å². The zero-order valence-corrected chi connectivity index (χ0v) is 18.0.